The van der Waals surface area contributed by atoms with Gasteiger partial charge in [0.25, 0.3) is 0 Å². The predicted molar refractivity (Wildman–Crippen MR) is 95.8 cm³/mol. The SMILES string of the molecule is COCC[C@@H](Nc1nc2ccccc2cc1C#N)c1ccccc1. The van der Waals surface area contributed by atoms with Crippen molar-refractivity contribution in [3.8, 4) is 6.07 Å². The van der Waals surface area contributed by atoms with Crippen LogP contribution in [0.15, 0.2) is 60.7 Å². The van der Waals surface area contributed by atoms with Crippen LogP contribution in [0.2, 0.25) is 0 Å². The van der Waals surface area contributed by atoms with Crippen LogP contribution in [0.3, 0.4) is 0 Å². The molecule has 1 N–H and O–H groups in total. The van der Waals surface area contributed by atoms with Crippen molar-refractivity contribution in [3.63, 3.8) is 0 Å². The van der Waals surface area contributed by atoms with E-state index in [-0.39, 0.29) is 6.04 Å². The van der Waals surface area contributed by atoms with Gasteiger partial charge in [-0.1, -0.05) is 48.5 Å². The second kappa shape index (κ2) is 7.58. The molecule has 120 valence electrons. The van der Waals surface area contributed by atoms with E-state index in [4.69, 9.17) is 4.74 Å². The van der Waals surface area contributed by atoms with Gasteiger partial charge in [-0.2, -0.15) is 5.26 Å². The number of nitrogens with zero attached hydrogens (tertiary/aromatic N) is 2. The maximum absolute atomic E-state index is 9.48. The zero-order chi connectivity index (χ0) is 16.8. The Morgan fingerprint density at radius 1 is 1.12 bits per heavy atom. The first-order valence-electron chi connectivity index (χ1n) is 7.92. The van der Waals surface area contributed by atoms with Gasteiger partial charge in [-0.05, 0) is 24.1 Å². The Bertz CT molecular complexity index is 856. The van der Waals surface area contributed by atoms with Crippen molar-refractivity contribution in [1.29, 1.82) is 5.26 Å². The maximum Gasteiger partial charge on any atom is 0.145 e. The van der Waals surface area contributed by atoms with Crippen molar-refractivity contribution in [3.05, 3.63) is 71.8 Å². The highest BCUT2D eigenvalue weighted by Gasteiger charge is 2.15. The molecule has 1 heterocycles. The number of nitriles is 1. The van der Waals surface area contributed by atoms with Crippen molar-refractivity contribution < 1.29 is 4.74 Å². The third-order valence-corrected chi connectivity index (χ3v) is 3.97. The van der Waals surface area contributed by atoms with Crippen molar-refractivity contribution in [2.45, 2.75) is 12.5 Å². The lowest BCUT2D eigenvalue weighted by molar-refractivity contribution is 0.190. The molecule has 3 aromatic rings. The number of benzene rings is 2. The molecule has 0 radical (unpaired) electrons. The molecule has 0 saturated heterocycles. The average Bonchev–Trinajstić information content (AvgIpc) is 2.65. The summed E-state index contributed by atoms with van der Waals surface area (Å²) < 4.78 is 5.23. The Kier molecular flexibility index (Phi) is 5.05. The van der Waals surface area contributed by atoms with E-state index in [1.54, 1.807) is 7.11 Å². The number of rotatable bonds is 6. The van der Waals surface area contributed by atoms with Crippen LogP contribution in [0, 0.1) is 11.3 Å². The second-order valence-electron chi connectivity index (χ2n) is 5.58. The van der Waals surface area contributed by atoms with Crippen LogP contribution in [-0.4, -0.2) is 18.7 Å². The highest BCUT2D eigenvalue weighted by Crippen LogP contribution is 2.26. The first kappa shape index (κ1) is 16.0. The second-order valence-corrected chi connectivity index (χ2v) is 5.58. The molecule has 4 nitrogen and oxygen atoms in total. The Morgan fingerprint density at radius 2 is 1.88 bits per heavy atom. The van der Waals surface area contributed by atoms with Gasteiger partial charge in [0, 0.05) is 19.1 Å². The summed E-state index contributed by atoms with van der Waals surface area (Å²) in [6.45, 7) is 0.627. The van der Waals surface area contributed by atoms with Crippen molar-refractivity contribution in [2.75, 3.05) is 19.0 Å². The smallest absolute Gasteiger partial charge is 0.145 e. The minimum Gasteiger partial charge on any atom is -0.385 e. The lowest BCUT2D eigenvalue weighted by Gasteiger charge is -2.20. The molecule has 0 aliphatic rings. The summed E-state index contributed by atoms with van der Waals surface area (Å²) in [6, 6.07) is 22.1. The summed E-state index contributed by atoms with van der Waals surface area (Å²) in [5.41, 5.74) is 2.57. The van der Waals surface area contributed by atoms with Crippen molar-refractivity contribution in [1.82, 2.24) is 4.98 Å². The molecule has 0 fully saturated rings. The van der Waals surface area contributed by atoms with Gasteiger partial charge in [-0.3, -0.25) is 0 Å². The molecule has 1 atom stereocenters. The van der Waals surface area contributed by atoms with E-state index >= 15 is 0 Å². The molecule has 4 heteroatoms. The van der Waals surface area contributed by atoms with Crippen molar-refractivity contribution >= 4 is 16.7 Å². The summed E-state index contributed by atoms with van der Waals surface area (Å²) in [5, 5.41) is 13.9. The number of ether oxygens (including phenoxy) is 1. The van der Waals surface area contributed by atoms with E-state index in [1.807, 2.05) is 48.5 Å². The van der Waals surface area contributed by atoms with Gasteiger partial charge < -0.3 is 10.1 Å². The molecule has 3 rings (SSSR count). The third kappa shape index (κ3) is 3.53. The highest BCUT2D eigenvalue weighted by atomic mass is 16.5. The molecule has 0 saturated carbocycles. The number of methoxy groups -OCH3 is 1. The minimum atomic E-state index is 0.0342. The summed E-state index contributed by atoms with van der Waals surface area (Å²) in [4.78, 5) is 4.64. The van der Waals surface area contributed by atoms with Gasteiger partial charge in [0.1, 0.15) is 11.9 Å². The minimum absolute atomic E-state index is 0.0342. The van der Waals surface area contributed by atoms with Gasteiger partial charge in [0.15, 0.2) is 0 Å². The molecule has 2 aromatic carbocycles. The predicted octanol–water partition coefficient (Wildman–Crippen LogP) is 4.30. The van der Waals surface area contributed by atoms with Crippen LogP contribution in [0.1, 0.15) is 23.6 Å². The number of para-hydroxylation sites is 1. The summed E-state index contributed by atoms with van der Waals surface area (Å²) in [6.07, 6.45) is 0.792. The fraction of sp³-hybridized carbons (Fsp3) is 0.200. The number of hydrogen-bond acceptors (Lipinski definition) is 4. The fourth-order valence-corrected chi connectivity index (χ4v) is 2.72. The monoisotopic (exact) mass is 317 g/mol. The van der Waals surface area contributed by atoms with Crippen LogP contribution in [0.5, 0.6) is 0 Å². The van der Waals surface area contributed by atoms with Gasteiger partial charge in [-0.25, -0.2) is 4.98 Å². The molecule has 0 amide bonds. The molecule has 0 spiro atoms. The number of nitrogens with one attached hydrogen (secondary N) is 1. The largest absolute Gasteiger partial charge is 0.385 e. The van der Waals surface area contributed by atoms with E-state index < -0.39 is 0 Å². The van der Waals surface area contributed by atoms with Crippen LogP contribution in [0.4, 0.5) is 5.82 Å². The standard InChI is InChI=1S/C20H19N3O/c1-24-12-11-19(15-7-3-2-4-8-15)23-20-17(14-21)13-16-9-5-6-10-18(16)22-20/h2-10,13,19H,11-12H2,1H3,(H,22,23)/t19-/m1/s1. The average molecular weight is 317 g/mol. The summed E-state index contributed by atoms with van der Waals surface area (Å²) in [5.74, 6) is 0.612. The molecular weight excluding hydrogens is 298 g/mol. The molecule has 0 unspecified atom stereocenters. The van der Waals surface area contributed by atoms with Gasteiger partial charge in [0.05, 0.1) is 17.1 Å². The van der Waals surface area contributed by atoms with E-state index in [9.17, 15) is 5.26 Å². The van der Waals surface area contributed by atoms with Crippen LogP contribution in [0.25, 0.3) is 10.9 Å². The zero-order valence-corrected chi connectivity index (χ0v) is 13.6. The first-order chi connectivity index (χ1) is 11.8. The van der Waals surface area contributed by atoms with Gasteiger partial charge in [0.2, 0.25) is 0 Å². The Labute approximate surface area is 141 Å². The van der Waals surface area contributed by atoms with E-state index in [2.05, 4.69) is 28.5 Å². The Morgan fingerprint density at radius 3 is 2.62 bits per heavy atom. The topological polar surface area (TPSA) is 57.9 Å². The first-order valence-corrected chi connectivity index (χ1v) is 7.92. The van der Waals surface area contributed by atoms with Crippen LogP contribution < -0.4 is 5.32 Å². The molecular formula is C20H19N3O. The molecule has 0 bridgehead atoms. The van der Waals surface area contributed by atoms with E-state index in [0.717, 1.165) is 22.9 Å². The number of fused-ring (bicyclic) bond motifs is 1. The lowest BCUT2D eigenvalue weighted by Crippen LogP contribution is -2.15. The van der Waals surface area contributed by atoms with Gasteiger partial charge in [-0.15, -0.1) is 0 Å². The van der Waals surface area contributed by atoms with Crippen LogP contribution in [-0.2, 0) is 4.74 Å². The number of anilines is 1. The van der Waals surface area contributed by atoms with Crippen LogP contribution >= 0.6 is 0 Å². The summed E-state index contributed by atoms with van der Waals surface area (Å²) >= 11 is 0. The number of aromatic nitrogens is 1. The molecule has 0 aliphatic carbocycles. The Balaban J connectivity index is 1.97. The third-order valence-electron chi connectivity index (χ3n) is 3.97. The molecule has 0 aliphatic heterocycles. The molecule has 24 heavy (non-hydrogen) atoms. The Hall–Kier alpha value is -2.90. The normalized spacial score (nSPS) is 11.8. The maximum atomic E-state index is 9.48. The molecule has 1 aromatic heterocycles. The fourth-order valence-electron chi connectivity index (χ4n) is 2.72. The summed E-state index contributed by atoms with van der Waals surface area (Å²) in [7, 11) is 1.69. The van der Waals surface area contributed by atoms with E-state index in [1.165, 1.54) is 0 Å². The quantitative estimate of drug-likeness (QED) is 0.736. The van der Waals surface area contributed by atoms with E-state index in [0.29, 0.717) is 18.0 Å². The highest BCUT2D eigenvalue weighted by molar-refractivity contribution is 5.82. The zero-order valence-electron chi connectivity index (χ0n) is 13.6. The number of hydrogen-bond donors (Lipinski definition) is 1. The van der Waals surface area contributed by atoms with Crippen molar-refractivity contribution in [2.24, 2.45) is 0 Å². The lowest BCUT2D eigenvalue weighted by atomic mass is 10.0. The van der Waals surface area contributed by atoms with Gasteiger partial charge >= 0.3 is 0 Å². The number of pyridine rings is 1.